The molecular weight excluding hydrogens is 388 g/mol. The van der Waals surface area contributed by atoms with Crippen LogP contribution < -0.4 is 16.0 Å². The smallest absolute Gasteiger partial charge is 0.411 e. The molecule has 3 rings (SSSR count). The summed E-state index contributed by atoms with van der Waals surface area (Å²) in [6.07, 6.45) is 3.40. The zero-order valence-electron chi connectivity index (χ0n) is 16.5. The quantitative estimate of drug-likeness (QED) is 0.558. The molecule has 9 heteroatoms. The first-order valence-electron chi connectivity index (χ1n) is 9.28. The Hall–Kier alpha value is -3.88. The van der Waals surface area contributed by atoms with Crippen molar-refractivity contribution in [3.05, 3.63) is 54.4 Å². The molecule has 3 amide bonds. The minimum atomic E-state index is -1.16. The Morgan fingerprint density at radius 1 is 1.27 bits per heavy atom. The van der Waals surface area contributed by atoms with Gasteiger partial charge in [0.1, 0.15) is 0 Å². The van der Waals surface area contributed by atoms with Gasteiger partial charge in [0.15, 0.2) is 0 Å². The Morgan fingerprint density at radius 2 is 2.07 bits per heavy atom. The predicted octanol–water partition coefficient (Wildman–Crippen LogP) is 3.77. The van der Waals surface area contributed by atoms with E-state index in [4.69, 9.17) is 0 Å². The molecule has 4 N–H and O–H groups in total. The van der Waals surface area contributed by atoms with Crippen molar-refractivity contribution in [2.75, 3.05) is 17.7 Å². The maximum absolute atomic E-state index is 12.4. The van der Waals surface area contributed by atoms with E-state index in [2.05, 4.69) is 25.7 Å². The van der Waals surface area contributed by atoms with Gasteiger partial charge < -0.3 is 20.5 Å². The van der Waals surface area contributed by atoms with Crippen LogP contribution in [0.1, 0.15) is 25.1 Å². The molecule has 2 heterocycles. The van der Waals surface area contributed by atoms with Crippen LogP contribution in [0.5, 0.6) is 0 Å². The van der Waals surface area contributed by atoms with Crippen LogP contribution in [0.3, 0.4) is 0 Å². The highest BCUT2D eigenvalue weighted by atomic mass is 16.5. The number of methoxy groups -OCH3 is 1. The molecule has 156 valence electrons. The summed E-state index contributed by atoms with van der Waals surface area (Å²) in [5, 5.41) is 17.2. The lowest BCUT2D eigenvalue weighted by Crippen LogP contribution is -2.31. The van der Waals surface area contributed by atoms with E-state index in [1.165, 1.54) is 7.11 Å². The Kier molecular flexibility index (Phi) is 6.31. The first-order chi connectivity index (χ1) is 14.4. The van der Waals surface area contributed by atoms with Gasteiger partial charge in [-0.3, -0.25) is 15.1 Å². The monoisotopic (exact) mass is 410 g/mol. The number of hydrogen-bond donors (Lipinski definition) is 4. The molecule has 0 fully saturated rings. The van der Waals surface area contributed by atoms with Crippen molar-refractivity contribution in [3.63, 3.8) is 0 Å². The molecule has 0 saturated carbocycles. The fourth-order valence-corrected chi connectivity index (χ4v) is 3.24. The van der Waals surface area contributed by atoms with Crippen molar-refractivity contribution < 1.29 is 24.2 Å². The summed E-state index contributed by atoms with van der Waals surface area (Å²) in [5.41, 5.74) is 2.96. The van der Waals surface area contributed by atoms with Gasteiger partial charge in [0.25, 0.3) is 0 Å². The Bertz CT molecular complexity index is 1000. The van der Waals surface area contributed by atoms with Gasteiger partial charge in [-0.1, -0.05) is 25.1 Å². The molecule has 30 heavy (non-hydrogen) atoms. The molecule has 9 nitrogen and oxygen atoms in total. The summed E-state index contributed by atoms with van der Waals surface area (Å²) in [6.45, 7) is 1.85. The van der Waals surface area contributed by atoms with Crippen molar-refractivity contribution in [1.29, 1.82) is 0 Å². The molecule has 1 aromatic carbocycles. The number of fused-ring (bicyclic) bond motifs is 4. The summed E-state index contributed by atoms with van der Waals surface area (Å²) in [6, 6.07) is 8.05. The van der Waals surface area contributed by atoms with Crippen LogP contribution in [0, 0.1) is 5.92 Å². The number of nitrogens with zero attached hydrogens (tertiary/aromatic N) is 1. The molecule has 2 atom stereocenters. The van der Waals surface area contributed by atoms with Crippen molar-refractivity contribution in [2.24, 2.45) is 5.92 Å². The molecular formula is C21H22N4O5. The number of pyridine rings is 1. The number of aromatic nitrogens is 1. The van der Waals surface area contributed by atoms with Gasteiger partial charge in [0.05, 0.1) is 24.5 Å². The first kappa shape index (κ1) is 20.8. The summed E-state index contributed by atoms with van der Waals surface area (Å²) >= 11 is 0. The second-order valence-corrected chi connectivity index (χ2v) is 6.81. The topological polar surface area (TPSA) is 130 Å². The number of nitrogens with one attached hydrogen (secondary N) is 3. The van der Waals surface area contributed by atoms with Crippen molar-refractivity contribution >= 4 is 29.5 Å². The average Bonchev–Trinajstić information content (AvgIpc) is 2.71. The third kappa shape index (κ3) is 4.93. The molecule has 1 aromatic heterocycles. The first-order valence-corrected chi connectivity index (χ1v) is 9.28. The van der Waals surface area contributed by atoms with Crippen LogP contribution >= 0.6 is 0 Å². The van der Waals surface area contributed by atoms with E-state index in [1.54, 1.807) is 48.7 Å². The number of carbonyl (C=O) groups is 3. The number of anilines is 2. The van der Waals surface area contributed by atoms with E-state index in [1.807, 2.05) is 6.92 Å². The van der Waals surface area contributed by atoms with Crippen LogP contribution in [0.4, 0.5) is 21.0 Å². The maximum Gasteiger partial charge on any atom is 0.411 e. The summed E-state index contributed by atoms with van der Waals surface area (Å²) < 4.78 is 4.61. The van der Waals surface area contributed by atoms with Gasteiger partial charge in [-0.05, 0) is 29.8 Å². The second kappa shape index (κ2) is 9.08. The number of benzene rings is 1. The molecule has 0 saturated heterocycles. The SMILES string of the molecule is COC(=O)Nc1ccc2c(c1)NC(=O)CC=CC(C)[C@H](NC(=O)O)c1cc-2ccn1. The van der Waals surface area contributed by atoms with E-state index in [-0.39, 0.29) is 18.2 Å². The molecule has 0 spiro atoms. The van der Waals surface area contributed by atoms with Gasteiger partial charge in [-0.25, -0.2) is 9.59 Å². The Balaban J connectivity index is 2.11. The highest BCUT2D eigenvalue weighted by Crippen LogP contribution is 2.33. The average molecular weight is 410 g/mol. The Labute approximate surface area is 173 Å². The molecule has 1 unspecified atom stereocenters. The zero-order valence-corrected chi connectivity index (χ0v) is 16.5. The summed E-state index contributed by atoms with van der Waals surface area (Å²) in [5.74, 6) is -0.463. The van der Waals surface area contributed by atoms with Crippen molar-refractivity contribution in [2.45, 2.75) is 19.4 Å². The standard InChI is InChI=1S/C21H22N4O5/c1-12-4-3-5-18(26)24-16-11-14(23-21(29)30-2)6-7-15(16)13-8-9-22-17(10-13)19(12)25-20(27)28/h3-4,6-12,19,25H,5H2,1-2H3,(H,23,29)(H,24,26)(H,27,28)/t12?,19-/m0/s1. The minimum Gasteiger partial charge on any atom is -0.465 e. The molecule has 2 bridgehead atoms. The number of rotatable bonds is 2. The van der Waals surface area contributed by atoms with E-state index in [0.717, 1.165) is 5.56 Å². The van der Waals surface area contributed by atoms with E-state index in [9.17, 15) is 19.5 Å². The summed E-state index contributed by atoms with van der Waals surface area (Å²) in [7, 11) is 1.26. The van der Waals surface area contributed by atoms with Crippen LogP contribution in [-0.2, 0) is 9.53 Å². The highest BCUT2D eigenvalue weighted by Gasteiger charge is 2.22. The Morgan fingerprint density at radius 3 is 2.80 bits per heavy atom. The van der Waals surface area contributed by atoms with Crippen LogP contribution in [-0.4, -0.2) is 35.3 Å². The normalized spacial score (nSPS) is 18.1. The number of ether oxygens (including phenoxy) is 1. The van der Waals surface area contributed by atoms with Gasteiger partial charge in [0.2, 0.25) is 5.91 Å². The number of hydrogen-bond acceptors (Lipinski definition) is 5. The molecule has 1 aliphatic heterocycles. The molecule has 2 aromatic rings. The van der Waals surface area contributed by atoms with Crippen LogP contribution in [0.25, 0.3) is 11.1 Å². The molecule has 1 aliphatic rings. The number of carbonyl (C=O) groups excluding carboxylic acids is 2. The van der Waals surface area contributed by atoms with Gasteiger partial charge in [-0.15, -0.1) is 0 Å². The van der Waals surface area contributed by atoms with E-state index >= 15 is 0 Å². The highest BCUT2D eigenvalue weighted by molar-refractivity contribution is 5.98. The predicted molar refractivity (Wildman–Crippen MR) is 111 cm³/mol. The fraction of sp³-hybridized carbons (Fsp3) is 0.238. The minimum absolute atomic E-state index is 0.111. The van der Waals surface area contributed by atoms with Gasteiger partial charge >= 0.3 is 12.2 Å². The van der Waals surface area contributed by atoms with Crippen molar-refractivity contribution in [3.8, 4) is 11.1 Å². The number of amides is 3. The largest absolute Gasteiger partial charge is 0.465 e. The third-order valence-electron chi connectivity index (χ3n) is 4.68. The second-order valence-electron chi connectivity index (χ2n) is 6.81. The molecule has 0 radical (unpaired) electrons. The van der Waals surface area contributed by atoms with E-state index in [0.29, 0.717) is 22.6 Å². The summed E-state index contributed by atoms with van der Waals surface area (Å²) in [4.78, 5) is 39.6. The number of carboxylic acid groups (broad SMARTS) is 1. The lowest BCUT2D eigenvalue weighted by Gasteiger charge is -2.22. The van der Waals surface area contributed by atoms with Crippen LogP contribution in [0.15, 0.2) is 48.7 Å². The lowest BCUT2D eigenvalue weighted by molar-refractivity contribution is -0.115. The van der Waals surface area contributed by atoms with Crippen LogP contribution in [0.2, 0.25) is 0 Å². The van der Waals surface area contributed by atoms with Crippen molar-refractivity contribution in [1.82, 2.24) is 10.3 Å². The maximum atomic E-state index is 12.4. The van der Waals surface area contributed by atoms with Gasteiger partial charge in [-0.2, -0.15) is 0 Å². The third-order valence-corrected chi connectivity index (χ3v) is 4.68. The van der Waals surface area contributed by atoms with Gasteiger partial charge in [0, 0.05) is 29.8 Å². The molecule has 0 aliphatic carbocycles. The lowest BCUT2D eigenvalue weighted by atomic mass is 9.94. The fourth-order valence-electron chi connectivity index (χ4n) is 3.24. The zero-order chi connectivity index (χ0) is 21.7. The van der Waals surface area contributed by atoms with E-state index < -0.39 is 18.2 Å².